The van der Waals surface area contributed by atoms with Gasteiger partial charge in [0.2, 0.25) is 5.91 Å². The number of ether oxygens (including phenoxy) is 1. The molecule has 0 aromatic heterocycles. The SMILES string of the molecule is CCNC(=NCc1ccc(C(=O)NCC(N)=O)cc1)NCCN1CCOCC1. The Morgan fingerprint density at radius 3 is 2.50 bits per heavy atom. The second-order valence-corrected chi connectivity index (χ2v) is 6.42. The third-order valence-corrected chi connectivity index (χ3v) is 4.23. The minimum absolute atomic E-state index is 0.174. The lowest BCUT2D eigenvalue weighted by molar-refractivity contribution is -0.117. The smallest absolute Gasteiger partial charge is 0.251 e. The second kappa shape index (κ2) is 11.9. The zero-order valence-electron chi connectivity index (χ0n) is 16.4. The highest BCUT2D eigenvalue weighted by Gasteiger charge is 2.10. The Balaban J connectivity index is 1.82. The molecule has 1 heterocycles. The number of guanidine groups is 1. The normalized spacial score (nSPS) is 15.1. The molecule has 1 saturated heterocycles. The van der Waals surface area contributed by atoms with E-state index >= 15 is 0 Å². The van der Waals surface area contributed by atoms with Gasteiger partial charge in [0.1, 0.15) is 0 Å². The molecule has 1 aromatic rings. The fourth-order valence-corrected chi connectivity index (χ4v) is 2.70. The van der Waals surface area contributed by atoms with Gasteiger partial charge < -0.3 is 26.4 Å². The highest BCUT2D eigenvalue weighted by atomic mass is 16.5. The number of aliphatic imine (C=N–C) groups is 1. The van der Waals surface area contributed by atoms with Gasteiger partial charge >= 0.3 is 0 Å². The van der Waals surface area contributed by atoms with E-state index in [1.54, 1.807) is 12.1 Å². The van der Waals surface area contributed by atoms with Crippen LogP contribution < -0.4 is 21.7 Å². The highest BCUT2D eigenvalue weighted by molar-refractivity contribution is 5.96. The van der Waals surface area contributed by atoms with Gasteiger partial charge in [0.05, 0.1) is 26.3 Å². The van der Waals surface area contributed by atoms with E-state index in [0.29, 0.717) is 12.1 Å². The van der Waals surface area contributed by atoms with Crippen LogP contribution in [0, 0.1) is 0 Å². The molecule has 5 N–H and O–H groups in total. The van der Waals surface area contributed by atoms with Gasteiger partial charge in [0.25, 0.3) is 5.91 Å². The lowest BCUT2D eigenvalue weighted by Crippen LogP contribution is -2.44. The van der Waals surface area contributed by atoms with Gasteiger partial charge in [-0.3, -0.25) is 14.5 Å². The molecule has 9 heteroatoms. The van der Waals surface area contributed by atoms with Crippen molar-refractivity contribution in [1.29, 1.82) is 0 Å². The topological polar surface area (TPSA) is 121 Å². The first-order chi connectivity index (χ1) is 13.6. The maximum absolute atomic E-state index is 11.9. The van der Waals surface area contributed by atoms with Crippen LogP contribution >= 0.6 is 0 Å². The molecule has 0 unspecified atom stereocenters. The standard InChI is InChI=1S/C19H30N6O3/c1-2-21-19(22-7-8-25-9-11-28-12-10-25)24-13-15-3-5-16(6-4-15)18(27)23-14-17(20)26/h3-6H,2,7-14H2,1H3,(H2,20,26)(H,23,27)(H2,21,22,24). The van der Waals surface area contributed by atoms with Crippen molar-refractivity contribution >= 4 is 17.8 Å². The monoisotopic (exact) mass is 390 g/mol. The Labute approximate surface area is 165 Å². The number of nitrogens with one attached hydrogen (secondary N) is 3. The van der Waals surface area contributed by atoms with E-state index in [1.165, 1.54) is 0 Å². The molecule has 0 bridgehead atoms. The van der Waals surface area contributed by atoms with Gasteiger partial charge in [-0.15, -0.1) is 0 Å². The van der Waals surface area contributed by atoms with E-state index in [0.717, 1.165) is 57.5 Å². The number of primary amides is 1. The summed E-state index contributed by atoms with van der Waals surface area (Å²) in [5.74, 6) is -0.137. The molecule has 0 atom stereocenters. The summed E-state index contributed by atoms with van der Waals surface area (Å²) in [6.07, 6.45) is 0. The lowest BCUT2D eigenvalue weighted by atomic mass is 10.1. The van der Waals surface area contributed by atoms with Crippen molar-refractivity contribution in [3.63, 3.8) is 0 Å². The summed E-state index contributed by atoms with van der Waals surface area (Å²) in [5.41, 5.74) is 6.48. The Hall–Kier alpha value is -2.65. The predicted octanol–water partition coefficient (Wildman–Crippen LogP) is -0.711. The summed E-state index contributed by atoms with van der Waals surface area (Å²) in [6.45, 7) is 8.41. The van der Waals surface area contributed by atoms with Crippen LogP contribution in [0.5, 0.6) is 0 Å². The van der Waals surface area contributed by atoms with E-state index in [1.807, 2.05) is 19.1 Å². The molecule has 0 radical (unpaired) electrons. The highest BCUT2D eigenvalue weighted by Crippen LogP contribution is 2.06. The third-order valence-electron chi connectivity index (χ3n) is 4.23. The number of hydrogen-bond donors (Lipinski definition) is 4. The van der Waals surface area contributed by atoms with Crippen LogP contribution in [0.15, 0.2) is 29.3 Å². The maximum Gasteiger partial charge on any atom is 0.251 e. The number of rotatable bonds is 9. The van der Waals surface area contributed by atoms with Crippen molar-refractivity contribution in [2.45, 2.75) is 13.5 Å². The summed E-state index contributed by atoms with van der Waals surface area (Å²) >= 11 is 0. The number of nitrogens with zero attached hydrogens (tertiary/aromatic N) is 2. The van der Waals surface area contributed by atoms with Crippen LogP contribution in [0.25, 0.3) is 0 Å². The largest absolute Gasteiger partial charge is 0.379 e. The van der Waals surface area contributed by atoms with Crippen molar-refractivity contribution < 1.29 is 14.3 Å². The Morgan fingerprint density at radius 1 is 1.14 bits per heavy atom. The number of nitrogens with two attached hydrogens (primary N) is 1. The first-order valence-electron chi connectivity index (χ1n) is 9.56. The van der Waals surface area contributed by atoms with Crippen LogP contribution in [0.1, 0.15) is 22.8 Å². The van der Waals surface area contributed by atoms with Crippen LogP contribution in [0.3, 0.4) is 0 Å². The summed E-state index contributed by atoms with van der Waals surface area (Å²) in [6, 6.07) is 7.11. The Morgan fingerprint density at radius 2 is 1.86 bits per heavy atom. The molecule has 0 aliphatic carbocycles. The summed E-state index contributed by atoms with van der Waals surface area (Å²) in [7, 11) is 0. The molecule has 0 saturated carbocycles. The first-order valence-corrected chi connectivity index (χ1v) is 9.56. The van der Waals surface area contributed by atoms with Gasteiger partial charge in [0.15, 0.2) is 5.96 Å². The number of morpholine rings is 1. The maximum atomic E-state index is 11.9. The fraction of sp³-hybridized carbons (Fsp3) is 0.526. The molecule has 2 rings (SSSR count). The number of hydrogen-bond acceptors (Lipinski definition) is 5. The van der Waals surface area contributed by atoms with Gasteiger partial charge in [-0.25, -0.2) is 4.99 Å². The van der Waals surface area contributed by atoms with Gasteiger partial charge in [-0.1, -0.05) is 12.1 Å². The van der Waals surface area contributed by atoms with E-state index in [9.17, 15) is 9.59 Å². The predicted molar refractivity (Wildman–Crippen MR) is 108 cm³/mol. The molecule has 1 aliphatic heterocycles. The Kier molecular flexibility index (Phi) is 9.23. The molecule has 1 fully saturated rings. The number of benzene rings is 1. The van der Waals surface area contributed by atoms with Crippen molar-refractivity contribution in [2.75, 3.05) is 52.5 Å². The molecule has 2 amide bonds. The molecular weight excluding hydrogens is 360 g/mol. The summed E-state index contributed by atoms with van der Waals surface area (Å²) in [4.78, 5) is 29.6. The van der Waals surface area contributed by atoms with Crippen molar-refractivity contribution in [3.8, 4) is 0 Å². The second-order valence-electron chi connectivity index (χ2n) is 6.42. The average molecular weight is 390 g/mol. The molecule has 154 valence electrons. The zero-order valence-corrected chi connectivity index (χ0v) is 16.4. The van der Waals surface area contributed by atoms with Crippen LogP contribution in [0.2, 0.25) is 0 Å². The molecule has 28 heavy (non-hydrogen) atoms. The number of carbonyl (C=O) groups is 2. The van der Waals surface area contributed by atoms with Crippen molar-refractivity contribution in [2.24, 2.45) is 10.7 Å². The molecule has 1 aromatic carbocycles. The van der Waals surface area contributed by atoms with Crippen molar-refractivity contribution in [1.82, 2.24) is 20.9 Å². The fourth-order valence-electron chi connectivity index (χ4n) is 2.70. The van der Waals surface area contributed by atoms with Crippen molar-refractivity contribution in [3.05, 3.63) is 35.4 Å². The minimum atomic E-state index is -0.573. The molecule has 9 nitrogen and oxygen atoms in total. The van der Waals surface area contributed by atoms with Gasteiger partial charge in [0, 0.05) is 38.3 Å². The zero-order chi connectivity index (χ0) is 20.2. The van der Waals surface area contributed by atoms with Gasteiger partial charge in [-0.05, 0) is 24.6 Å². The molecular formula is C19H30N6O3. The van der Waals surface area contributed by atoms with Crippen LogP contribution in [0.4, 0.5) is 0 Å². The van der Waals surface area contributed by atoms with E-state index < -0.39 is 5.91 Å². The average Bonchev–Trinajstić information content (AvgIpc) is 2.71. The summed E-state index contributed by atoms with van der Waals surface area (Å²) in [5, 5.41) is 9.04. The molecule has 0 spiro atoms. The Bertz CT molecular complexity index is 656. The summed E-state index contributed by atoms with van der Waals surface area (Å²) < 4.78 is 5.36. The van der Waals surface area contributed by atoms with Crippen LogP contribution in [-0.4, -0.2) is 75.2 Å². The molecule has 1 aliphatic rings. The number of carbonyl (C=O) groups excluding carboxylic acids is 2. The van der Waals surface area contributed by atoms with Crippen LogP contribution in [-0.2, 0) is 16.1 Å². The lowest BCUT2D eigenvalue weighted by Gasteiger charge is -2.26. The quantitative estimate of drug-likeness (QED) is 0.326. The van der Waals surface area contributed by atoms with E-state index in [-0.39, 0.29) is 12.5 Å². The van der Waals surface area contributed by atoms with E-state index in [4.69, 9.17) is 10.5 Å². The minimum Gasteiger partial charge on any atom is -0.379 e. The third kappa shape index (κ3) is 7.93. The first kappa shape index (κ1) is 21.6. The van der Waals surface area contributed by atoms with E-state index in [2.05, 4.69) is 25.8 Å². The van der Waals surface area contributed by atoms with Gasteiger partial charge in [-0.2, -0.15) is 0 Å². The number of amides is 2.